The average Bonchev–Trinajstić information content (AvgIpc) is 2.72. The van der Waals surface area contributed by atoms with Crippen molar-refractivity contribution in [3.8, 4) is 0 Å². The Morgan fingerprint density at radius 2 is 2.00 bits per heavy atom. The molecule has 1 aromatic heterocycles. The van der Waals surface area contributed by atoms with Crippen LogP contribution in [0.2, 0.25) is 4.34 Å². The van der Waals surface area contributed by atoms with Gasteiger partial charge in [-0.15, -0.1) is 11.3 Å². The normalized spacial score (nSPS) is 11.5. The first-order chi connectivity index (χ1) is 8.86. The van der Waals surface area contributed by atoms with E-state index in [1.807, 2.05) is 19.1 Å². The Morgan fingerprint density at radius 3 is 2.58 bits per heavy atom. The van der Waals surface area contributed by atoms with Gasteiger partial charge in [0.25, 0.3) is 0 Å². The van der Waals surface area contributed by atoms with E-state index in [0.717, 1.165) is 20.5 Å². The zero-order chi connectivity index (χ0) is 14.0. The summed E-state index contributed by atoms with van der Waals surface area (Å²) in [5.74, 6) is 0. The molecular formula is C13H14ClNO2S2. The molecule has 0 aliphatic heterocycles. The van der Waals surface area contributed by atoms with Crippen molar-refractivity contribution in [2.45, 2.75) is 18.4 Å². The average molecular weight is 316 g/mol. The number of thiophene rings is 1. The van der Waals surface area contributed by atoms with Gasteiger partial charge in [-0.25, -0.2) is 8.42 Å². The summed E-state index contributed by atoms with van der Waals surface area (Å²) in [7, 11) is -3.18. The van der Waals surface area contributed by atoms with Crippen molar-refractivity contribution in [3.05, 3.63) is 45.1 Å². The van der Waals surface area contributed by atoms with Crippen LogP contribution < -0.4 is 5.32 Å². The van der Waals surface area contributed by atoms with Gasteiger partial charge in [-0.1, -0.05) is 17.7 Å². The summed E-state index contributed by atoms with van der Waals surface area (Å²) in [5.41, 5.74) is 1.84. The molecule has 2 rings (SSSR count). The fourth-order valence-corrected chi connectivity index (χ4v) is 3.33. The number of sulfone groups is 1. The molecular weight excluding hydrogens is 302 g/mol. The van der Waals surface area contributed by atoms with Gasteiger partial charge in [-0.05, 0) is 36.8 Å². The van der Waals surface area contributed by atoms with Gasteiger partial charge in [-0.2, -0.15) is 0 Å². The van der Waals surface area contributed by atoms with E-state index in [-0.39, 0.29) is 0 Å². The van der Waals surface area contributed by atoms with Gasteiger partial charge in [0.05, 0.1) is 9.23 Å². The predicted octanol–water partition coefficient (Wildman–Crippen LogP) is 3.73. The van der Waals surface area contributed by atoms with Gasteiger partial charge in [0.2, 0.25) is 0 Å². The zero-order valence-electron chi connectivity index (χ0n) is 10.6. The fourth-order valence-electron chi connectivity index (χ4n) is 1.65. The summed E-state index contributed by atoms with van der Waals surface area (Å²) in [6, 6.07) is 8.90. The van der Waals surface area contributed by atoms with E-state index in [2.05, 4.69) is 5.32 Å². The molecule has 0 spiro atoms. The molecule has 0 aliphatic carbocycles. The largest absolute Gasteiger partial charge is 0.380 e. The molecule has 0 aliphatic rings. The fraction of sp³-hybridized carbons (Fsp3) is 0.231. The van der Waals surface area contributed by atoms with Crippen LogP contribution in [-0.4, -0.2) is 14.7 Å². The lowest BCUT2D eigenvalue weighted by Gasteiger charge is -2.10. The Bertz CT molecular complexity index is 692. The van der Waals surface area contributed by atoms with E-state index in [0.29, 0.717) is 11.4 Å². The molecule has 0 saturated carbocycles. The number of benzene rings is 1. The molecule has 1 heterocycles. The van der Waals surface area contributed by atoms with Gasteiger partial charge in [0, 0.05) is 23.4 Å². The van der Waals surface area contributed by atoms with Crippen LogP contribution in [0, 0.1) is 6.92 Å². The van der Waals surface area contributed by atoms with E-state index < -0.39 is 9.84 Å². The van der Waals surface area contributed by atoms with Crippen LogP contribution in [0.25, 0.3) is 0 Å². The topological polar surface area (TPSA) is 46.2 Å². The standard InChI is InChI=1S/C13H14ClNO2S2/c1-9-3-5-11(19(2,16)17)7-12(9)15-8-10-4-6-13(14)18-10/h3-7,15H,8H2,1-2H3. The number of aryl methyl sites for hydroxylation is 1. The summed E-state index contributed by atoms with van der Waals surface area (Å²) in [6.45, 7) is 2.57. The second-order valence-electron chi connectivity index (χ2n) is 4.31. The zero-order valence-corrected chi connectivity index (χ0v) is 13.0. The van der Waals surface area contributed by atoms with Crippen molar-refractivity contribution in [3.63, 3.8) is 0 Å². The lowest BCUT2D eigenvalue weighted by atomic mass is 10.2. The summed E-state index contributed by atoms with van der Waals surface area (Å²) in [4.78, 5) is 1.43. The maximum absolute atomic E-state index is 11.5. The van der Waals surface area contributed by atoms with Crippen LogP contribution in [0.3, 0.4) is 0 Å². The second-order valence-corrected chi connectivity index (χ2v) is 8.12. The Labute approximate surface area is 122 Å². The van der Waals surface area contributed by atoms with Crippen molar-refractivity contribution >= 4 is 38.5 Å². The minimum absolute atomic E-state index is 0.324. The van der Waals surface area contributed by atoms with Crippen LogP contribution in [0.4, 0.5) is 5.69 Å². The first-order valence-electron chi connectivity index (χ1n) is 5.65. The molecule has 6 heteroatoms. The SMILES string of the molecule is Cc1ccc(S(C)(=O)=O)cc1NCc1ccc(Cl)s1. The van der Waals surface area contributed by atoms with Gasteiger partial charge >= 0.3 is 0 Å². The molecule has 0 fully saturated rings. The van der Waals surface area contributed by atoms with E-state index in [1.165, 1.54) is 17.6 Å². The number of hydrogen-bond acceptors (Lipinski definition) is 4. The highest BCUT2D eigenvalue weighted by Crippen LogP contribution is 2.24. The van der Waals surface area contributed by atoms with Crippen LogP contribution >= 0.6 is 22.9 Å². The lowest BCUT2D eigenvalue weighted by Crippen LogP contribution is -2.03. The van der Waals surface area contributed by atoms with Gasteiger partial charge < -0.3 is 5.32 Å². The molecule has 0 radical (unpaired) electrons. The van der Waals surface area contributed by atoms with Gasteiger partial charge in [-0.3, -0.25) is 0 Å². The molecule has 0 bridgehead atoms. The number of halogens is 1. The molecule has 0 atom stereocenters. The maximum atomic E-state index is 11.5. The molecule has 1 N–H and O–H groups in total. The Hall–Kier alpha value is -1.04. The van der Waals surface area contributed by atoms with Crippen molar-refractivity contribution < 1.29 is 8.42 Å². The number of nitrogens with one attached hydrogen (secondary N) is 1. The first-order valence-corrected chi connectivity index (χ1v) is 8.73. The first kappa shape index (κ1) is 14.4. The third kappa shape index (κ3) is 3.72. The Kier molecular flexibility index (Phi) is 4.18. The van der Waals surface area contributed by atoms with Crippen LogP contribution in [0.1, 0.15) is 10.4 Å². The van der Waals surface area contributed by atoms with Gasteiger partial charge in [0.15, 0.2) is 9.84 Å². The van der Waals surface area contributed by atoms with Gasteiger partial charge in [0.1, 0.15) is 0 Å². The smallest absolute Gasteiger partial charge is 0.175 e. The van der Waals surface area contributed by atoms with E-state index in [9.17, 15) is 8.42 Å². The summed E-state index contributed by atoms with van der Waals surface area (Å²) >= 11 is 7.38. The Balaban J connectivity index is 2.20. The molecule has 0 unspecified atom stereocenters. The summed E-state index contributed by atoms with van der Waals surface area (Å²) in [6.07, 6.45) is 1.21. The van der Waals surface area contributed by atoms with E-state index >= 15 is 0 Å². The van der Waals surface area contributed by atoms with Crippen molar-refractivity contribution in [2.24, 2.45) is 0 Å². The van der Waals surface area contributed by atoms with Crippen molar-refractivity contribution in [2.75, 3.05) is 11.6 Å². The highest BCUT2D eigenvalue weighted by molar-refractivity contribution is 7.90. The molecule has 2 aromatic rings. The van der Waals surface area contributed by atoms with E-state index in [4.69, 9.17) is 11.6 Å². The van der Waals surface area contributed by atoms with Crippen molar-refractivity contribution in [1.82, 2.24) is 0 Å². The Morgan fingerprint density at radius 1 is 1.26 bits per heavy atom. The molecule has 0 amide bonds. The number of anilines is 1. The highest BCUT2D eigenvalue weighted by atomic mass is 35.5. The minimum atomic E-state index is -3.18. The second kappa shape index (κ2) is 5.53. The quantitative estimate of drug-likeness (QED) is 0.935. The number of rotatable bonds is 4. The highest BCUT2D eigenvalue weighted by Gasteiger charge is 2.09. The molecule has 19 heavy (non-hydrogen) atoms. The number of hydrogen-bond donors (Lipinski definition) is 1. The third-order valence-corrected chi connectivity index (χ3v) is 5.06. The maximum Gasteiger partial charge on any atom is 0.175 e. The lowest BCUT2D eigenvalue weighted by molar-refractivity contribution is 0.602. The predicted molar refractivity (Wildman–Crippen MR) is 80.9 cm³/mol. The molecule has 1 aromatic carbocycles. The third-order valence-electron chi connectivity index (χ3n) is 2.72. The minimum Gasteiger partial charge on any atom is -0.380 e. The summed E-state index contributed by atoms with van der Waals surface area (Å²) in [5, 5.41) is 3.24. The molecule has 102 valence electrons. The van der Waals surface area contributed by atoms with Crippen molar-refractivity contribution in [1.29, 1.82) is 0 Å². The molecule has 0 saturated heterocycles. The van der Waals surface area contributed by atoms with E-state index in [1.54, 1.807) is 18.2 Å². The van der Waals surface area contributed by atoms with Crippen LogP contribution in [0.15, 0.2) is 35.2 Å². The van der Waals surface area contributed by atoms with Crippen LogP contribution in [-0.2, 0) is 16.4 Å². The monoisotopic (exact) mass is 315 g/mol. The summed E-state index contributed by atoms with van der Waals surface area (Å²) < 4.78 is 23.8. The van der Waals surface area contributed by atoms with Crippen LogP contribution in [0.5, 0.6) is 0 Å². The molecule has 3 nitrogen and oxygen atoms in total.